The van der Waals surface area contributed by atoms with E-state index >= 15 is 0 Å². The molecular weight excluding hydrogens is 108 g/mol. The molecule has 0 bridgehead atoms. The maximum absolute atomic E-state index is 9.30. The molecule has 0 saturated heterocycles. The van der Waals surface area contributed by atoms with Crippen LogP contribution < -0.4 is 0 Å². The molecule has 0 aliphatic heterocycles. The highest BCUT2D eigenvalue weighted by molar-refractivity contribution is 5.32. The molecule has 0 aliphatic carbocycles. The van der Waals surface area contributed by atoms with Crippen molar-refractivity contribution in [3.63, 3.8) is 0 Å². The lowest BCUT2D eigenvalue weighted by Gasteiger charge is -1.83. The highest BCUT2D eigenvalue weighted by atomic mass is 16.1. The smallest absolute Gasteiger partial charge is 0.209 e. The maximum Gasteiger partial charge on any atom is 0.260 e. The van der Waals surface area contributed by atoms with Crippen molar-refractivity contribution in [2.45, 2.75) is 0 Å². The van der Waals surface area contributed by atoms with E-state index in [4.69, 9.17) is 10.5 Å². The van der Waals surface area contributed by atoms with Crippen LogP contribution in [0.25, 0.3) is 0 Å². The monoisotopic (exact) mass is 108 g/mol. The summed E-state index contributed by atoms with van der Waals surface area (Å²) in [4.78, 5) is 9.30. The van der Waals surface area contributed by atoms with Crippen molar-refractivity contribution in [2.24, 2.45) is 5.10 Å². The first-order valence-corrected chi connectivity index (χ1v) is 1.52. The van der Waals surface area contributed by atoms with Gasteiger partial charge in [-0.25, -0.2) is 4.79 Å². The standard InChI is InChI=1S/C3N4O/c4-1-7(2-5)6-3-8. The Kier molecular flexibility index (Phi) is 2.58. The third-order valence-electron chi connectivity index (χ3n) is 0.330. The molecule has 0 spiro atoms. The Bertz CT molecular complexity index is 176. The first-order chi connectivity index (χ1) is 3.85. The Morgan fingerprint density at radius 3 is 2.00 bits per heavy atom. The topological polar surface area (TPSA) is 80.2 Å². The molecule has 0 N–H and O–H groups in total. The van der Waals surface area contributed by atoms with Crippen LogP contribution in [-0.4, -0.2) is 11.1 Å². The van der Waals surface area contributed by atoms with Gasteiger partial charge in [0.2, 0.25) is 12.4 Å². The van der Waals surface area contributed by atoms with Crippen LogP contribution in [0.2, 0.25) is 0 Å². The lowest BCUT2D eigenvalue weighted by Crippen LogP contribution is -1.98. The summed E-state index contributed by atoms with van der Waals surface area (Å²) in [5.74, 6) is 0. The molecule has 0 amide bonds. The summed E-state index contributed by atoms with van der Waals surface area (Å²) in [5.41, 5.74) is 0. The van der Waals surface area contributed by atoms with Gasteiger partial charge >= 0.3 is 0 Å². The molecule has 5 nitrogen and oxygen atoms in total. The molecule has 0 heterocycles. The van der Waals surface area contributed by atoms with Gasteiger partial charge in [0.1, 0.15) is 0 Å². The largest absolute Gasteiger partial charge is 0.260 e. The summed E-state index contributed by atoms with van der Waals surface area (Å²) in [5, 5.41) is 18.6. The summed E-state index contributed by atoms with van der Waals surface area (Å²) >= 11 is 0. The second-order valence-electron chi connectivity index (χ2n) is 0.703. The third kappa shape index (κ3) is 1.56. The molecule has 0 aromatic carbocycles. The van der Waals surface area contributed by atoms with Gasteiger partial charge in [-0.15, -0.1) is 0 Å². The van der Waals surface area contributed by atoms with E-state index < -0.39 is 0 Å². The minimum absolute atomic E-state index is 0.243. The van der Waals surface area contributed by atoms with Gasteiger partial charge in [0.05, 0.1) is 0 Å². The van der Waals surface area contributed by atoms with Crippen molar-refractivity contribution in [1.82, 2.24) is 5.01 Å². The molecule has 8 heavy (non-hydrogen) atoms. The van der Waals surface area contributed by atoms with Crippen LogP contribution in [0.4, 0.5) is 0 Å². The summed E-state index contributed by atoms with van der Waals surface area (Å²) in [7, 11) is 0. The zero-order chi connectivity index (χ0) is 6.41. The van der Waals surface area contributed by atoms with Crippen molar-refractivity contribution in [1.29, 1.82) is 10.5 Å². The fraction of sp³-hybridized carbons (Fsp3) is 0. The first kappa shape index (κ1) is 6.16. The molecule has 38 valence electrons. The molecule has 0 saturated carbocycles. The molecule has 0 unspecified atom stereocenters. The molecule has 0 atom stereocenters. The highest BCUT2D eigenvalue weighted by Gasteiger charge is 1.88. The molecule has 0 aromatic heterocycles. The van der Waals surface area contributed by atoms with Crippen LogP contribution >= 0.6 is 0 Å². The van der Waals surface area contributed by atoms with Gasteiger partial charge in [-0.05, 0) is 0 Å². The average Bonchev–Trinajstić information content (AvgIpc) is 1.83. The SMILES string of the molecule is N#CN(C#N)N=C=O. The average molecular weight is 108 g/mol. The number of hydrogen-bond acceptors (Lipinski definition) is 5. The van der Waals surface area contributed by atoms with Gasteiger partial charge in [0, 0.05) is 0 Å². The van der Waals surface area contributed by atoms with Gasteiger partial charge in [0.25, 0.3) is 6.08 Å². The Balaban J connectivity index is 4.01. The molecule has 0 fully saturated rings. The predicted molar refractivity (Wildman–Crippen MR) is 21.2 cm³/mol. The van der Waals surface area contributed by atoms with Crippen molar-refractivity contribution >= 4 is 6.08 Å². The van der Waals surface area contributed by atoms with Gasteiger partial charge in [-0.3, -0.25) is 0 Å². The molecule has 0 rings (SSSR count). The number of hydrazone groups is 1. The van der Waals surface area contributed by atoms with Gasteiger partial charge in [-0.2, -0.15) is 10.5 Å². The highest BCUT2D eigenvalue weighted by Crippen LogP contribution is 1.75. The van der Waals surface area contributed by atoms with E-state index in [0.29, 0.717) is 0 Å². The minimum Gasteiger partial charge on any atom is -0.209 e. The van der Waals surface area contributed by atoms with E-state index in [-0.39, 0.29) is 5.01 Å². The fourth-order valence-corrected chi connectivity index (χ4v) is 0.108. The van der Waals surface area contributed by atoms with Crippen molar-refractivity contribution < 1.29 is 4.79 Å². The lowest BCUT2D eigenvalue weighted by molar-refractivity contribution is 0.530. The molecule has 5 heteroatoms. The number of carbonyl (C=O) groups excluding carboxylic acids is 1. The second-order valence-corrected chi connectivity index (χ2v) is 0.703. The number of hydrogen-bond donors (Lipinski definition) is 0. The minimum atomic E-state index is 0.243. The van der Waals surface area contributed by atoms with Crippen LogP contribution in [0.5, 0.6) is 0 Å². The van der Waals surface area contributed by atoms with Crippen LogP contribution in [0.1, 0.15) is 0 Å². The molecule has 0 aromatic rings. The number of nitriles is 2. The second kappa shape index (κ2) is 3.35. The number of rotatable bonds is 1. The predicted octanol–water partition coefficient (Wildman–Crippen LogP) is -0.499. The number of isocyanates is 1. The summed E-state index contributed by atoms with van der Waals surface area (Å²) in [6, 6.07) is 0. The summed E-state index contributed by atoms with van der Waals surface area (Å²) in [6.45, 7) is 0. The van der Waals surface area contributed by atoms with E-state index in [1.807, 2.05) is 0 Å². The van der Waals surface area contributed by atoms with Crippen LogP contribution in [-0.2, 0) is 4.79 Å². The Morgan fingerprint density at radius 2 is 1.88 bits per heavy atom. The van der Waals surface area contributed by atoms with E-state index in [9.17, 15) is 4.79 Å². The molecule has 0 radical (unpaired) electrons. The van der Waals surface area contributed by atoms with Crippen molar-refractivity contribution in [2.75, 3.05) is 0 Å². The lowest BCUT2D eigenvalue weighted by atomic mass is 11.1. The third-order valence-corrected chi connectivity index (χ3v) is 0.330. The van der Waals surface area contributed by atoms with Crippen LogP contribution in [0.15, 0.2) is 5.10 Å². The zero-order valence-electron chi connectivity index (χ0n) is 3.70. The van der Waals surface area contributed by atoms with Gasteiger partial charge < -0.3 is 0 Å². The van der Waals surface area contributed by atoms with E-state index in [1.54, 1.807) is 0 Å². The van der Waals surface area contributed by atoms with E-state index in [1.165, 1.54) is 12.4 Å². The first-order valence-electron chi connectivity index (χ1n) is 1.52. The van der Waals surface area contributed by atoms with Crippen molar-refractivity contribution in [3.05, 3.63) is 0 Å². The zero-order valence-corrected chi connectivity index (χ0v) is 3.70. The quantitative estimate of drug-likeness (QED) is 0.149. The summed E-state index contributed by atoms with van der Waals surface area (Å²) < 4.78 is 0. The normalized spacial score (nSPS) is 5.25. The van der Waals surface area contributed by atoms with Crippen LogP contribution in [0.3, 0.4) is 0 Å². The molecular formula is C3N4O. The Morgan fingerprint density at radius 1 is 1.38 bits per heavy atom. The molecule has 0 aliphatic rings. The summed E-state index contributed by atoms with van der Waals surface area (Å²) in [6.07, 6.45) is 3.62. The Hall–Kier alpha value is -1.84. The van der Waals surface area contributed by atoms with Gasteiger partial charge in [-0.1, -0.05) is 10.1 Å². The van der Waals surface area contributed by atoms with E-state index in [0.717, 1.165) is 6.08 Å². The van der Waals surface area contributed by atoms with Gasteiger partial charge in [0.15, 0.2) is 0 Å². The number of nitrogens with zero attached hydrogens (tertiary/aromatic N) is 4. The maximum atomic E-state index is 9.30. The Labute approximate surface area is 45.0 Å². The van der Waals surface area contributed by atoms with Crippen molar-refractivity contribution in [3.8, 4) is 12.4 Å². The fourth-order valence-electron chi connectivity index (χ4n) is 0.108. The van der Waals surface area contributed by atoms with E-state index in [2.05, 4.69) is 5.10 Å². The van der Waals surface area contributed by atoms with Crippen LogP contribution in [0, 0.1) is 22.9 Å².